The van der Waals surface area contributed by atoms with Gasteiger partial charge in [-0.25, -0.2) is 0 Å². The summed E-state index contributed by atoms with van der Waals surface area (Å²) in [5, 5.41) is 0. The van der Waals surface area contributed by atoms with E-state index in [-0.39, 0.29) is 35.2 Å². The number of ketones is 3. The third kappa shape index (κ3) is 8.15. The summed E-state index contributed by atoms with van der Waals surface area (Å²) >= 11 is 0. The minimum Gasteiger partial charge on any atom is -0.299 e. The van der Waals surface area contributed by atoms with Crippen molar-refractivity contribution in [3.63, 3.8) is 0 Å². The molecule has 0 aliphatic rings. The Morgan fingerprint density at radius 2 is 0.722 bits per heavy atom. The van der Waals surface area contributed by atoms with Crippen molar-refractivity contribution >= 4 is 17.3 Å². The van der Waals surface area contributed by atoms with Crippen LogP contribution in [0, 0.1) is 23.7 Å². The zero-order valence-electron chi connectivity index (χ0n) is 13.0. The second-order valence-electron chi connectivity index (χ2n) is 5.75. The topological polar surface area (TPSA) is 51.2 Å². The number of Topliss-reactive ketones (excluding diaryl/α,β-unsaturated/α-hetero) is 3. The van der Waals surface area contributed by atoms with Crippen LogP contribution in [0.25, 0.3) is 0 Å². The van der Waals surface area contributed by atoms with Crippen molar-refractivity contribution in [3.8, 4) is 0 Å². The van der Waals surface area contributed by atoms with E-state index in [2.05, 4.69) is 0 Å². The summed E-state index contributed by atoms with van der Waals surface area (Å²) in [4.78, 5) is 32.7. The molecule has 0 saturated carbocycles. The van der Waals surface area contributed by atoms with Crippen molar-refractivity contribution in [3.05, 3.63) is 0 Å². The van der Waals surface area contributed by atoms with Gasteiger partial charge in [0.05, 0.1) is 0 Å². The highest BCUT2D eigenvalue weighted by Gasteiger charge is 2.19. The van der Waals surface area contributed by atoms with Gasteiger partial charge >= 0.3 is 0 Å². The number of hydrogen-bond acceptors (Lipinski definition) is 3. The third-order valence-electron chi connectivity index (χ3n) is 2.43. The minimum absolute atomic E-state index is 0.157. The highest BCUT2D eigenvalue weighted by molar-refractivity contribution is 6.38. The van der Waals surface area contributed by atoms with Crippen LogP contribution in [0.2, 0.25) is 0 Å². The van der Waals surface area contributed by atoms with Crippen molar-refractivity contribution in [1.29, 1.82) is 0 Å². The Bertz CT molecular complexity index is 258. The van der Waals surface area contributed by atoms with Crippen LogP contribution in [-0.4, -0.2) is 17.3 Å². The molecular weight excluding hydrogens is 228 g/mol. The summed E-state index contributed by atoms with van der Waals surface area (Å²) < 4.78 is 0. The molecule has 0 atom stereocenters. The van der Waals surface area contributed by atoms with Gasteiger partial charge < -0.3 is 0 Å². The van der Waals surface area contributed by atoms with Crippen LogP contribution in [0.15, 0.2) is 0 Å². The van der Waals surface area contributed by atoms with E-state index in [1.165, 1.54) is 0 Å². The van der Waals surface area contributed by atoms with Gasteiger partial charge in [-0.05, 0) is 0 Å². The molecule has 106 valence electrons. The lowest BCUT2D eigenvalue weighted by Crippen LogP contribution is -2.23. The first-order valence-corrected chi connectivity index (χ1v) is 6.64. The smallest absolute Gasteiger partial charge is 0.201 e. The molecule has 3 nitrogen and oxygen atoms in total. The highest BCUT2D eigenvalue weighted by atomic mass is 16.2. The van der Waals surface area contributed by atoms with E-state index in [1.807, 2.05) is 27.7 Å². The summed E-state index contributed by atoms with van der Waals surface area (Å²) in [6.07, 6.45) is 0. The predicted molar refractivity (Wildman–Crippen MR) is 74.4 cm³/mol. The summed E-state index contributed by atoms with van der Waals surface area (Å²) in [6, 6.07) is 0. The van der Waals surface area contributed by atoms with Crippen molar-refractivity contribution in [2.24, 2.45) is 23.7 Å². The lowest BCUT2D eigenvalue weighted by atomic mass is 9.98. The SMILES string of the molecule is CC(C)C(=O)C(=O)C(C)C.CC(C)C(=O)C(C)C. The zero-order valence-corrected chi connectivity index (χ0v) is 13.0. The predicted octanol–water partition coefficient (Wildman–Crippen LogP) is 3.30. The minimum atomic E-state index is -0.255. The van der Waals surface area contributed by atoms with E-state index in [4.69, 9.17) is 0 Å². The molecule has 0 aromatic heterocycles. The Morgan fingerprint density at radius 1 is 0.500 bits per heavy atom. The van der Waals surface area contributed by atoms with Gasteiger partial charge in [0.15, 0.2) is 0 Å². The fourth-order valence-corrected chi connectivity index (χ4v) is 1.24. The van der Waals surface area contributed by atoms with E-state index in [9.17, 15) is 14.4 Å². The van der Waals surface area contributed by atoms with E-state index >= 15 is 0 Å². The van der Waals surface area contributed by atoms with Gasteiger partial charge in [-0.15, -0.1) is 0 Å². The fraction of sp³-hybridized carbons (Fsp3) is 0.800. The normalized spacial score (nSPS) is 10.7. The zero-order chi connectivity index (χ0) is 15.0. The first-order chi connectivity index (χ1) is 8.02. The van der Waals surface area contributed by atoms with Gasteiger partial charge in [-0.3, -0.25) is 14.4 Å². The van der Waals surface area contributed by atoms with Crippen molar-refractivity contribution in [1.82, 2.24) is 0 Å². The lowest BCUT2D eigenvalue weighted by molar-refractivity contribution is -0.140. The Hall–Kier alpha value is -0.990. The Labute approximate surface area is 111 Å². The molecule has 0 rings (SSSR count). The van der Waals surface area contributed by atoms with E-state index in [0.29, 0.717) is 5.78 Å². The first kappa shape index (κ1) is 19.4. The van der Waals surface area contributed by atoms with Crippen LogP contribution < -0.4 is 0 Å². The molecule has 0 heterocycles. The molecule has 0 bridgehead atoms. The van der Waals surface area contributed by atoms with Crippen molar-refractivity contribution < 1.29 is 14.4 Å². The fourth-order valence-electron chi connectivity index (χ4n) is 1.24. The van der Waals surface area contributed by atoms with Gasteiger partial charge in [-0.1, -0.05) is 55.4 Å². The lowest BCUT2D eigenvalue weighted by Gasteiger charge is -2.05. The molecule has 0 N–H and O–H groups in total. The standard InChI is InChI=1S/C8H14O2.C7H14O/c1-5(2)7(9)8(10)6(3)4;1-5(2)7(8)6(3)4/h5-6H,1-4H3;5-6H,1-4H3. The van der Waals surface area contributed by atoms with Crippen molar-refractivity contribution in [2.75, 3.05) is 0 Å². The number of carbonyl (C=O) groups is 3. The number of carbonyl (C=O) groups excluding carboxylic acids is 3. The molecule has 0 spiro atoms. The van der Waals surface area contributed by atoms with Gasteiger partial charge in [0, 0.05) is 23.7 Å². The molecule has 0 aliphatic carbocycles. The third-order valence-corrected chi connectivity index (χ3v) is 2.43. The van der Waals surface area contributed by atoms with Crippen LogP contribution in [0.4, 0.5) is 0 Å². The summed E-state index contributed by atoms with van der Waals surface area (Å²) in [5.41, 5.74) is 0. The Kier molecular flexibility index (Phi) is 9.69. The Morgan fingerprint density at radius 3 is 0.778 bits per heavy atom. The van der Waals surface area contributed by atoms with Gasteiger partial charge in [0.25, 0.3) is 0 Å². The molecule has 0 saturated heterocycles. The molecular formula is C15H28O3. The number of rotatable bonds is 5. The second-order valence-corrected chi connectivity index (χ2v) is 5.75. The maximum Gasteiger partial charge on any atom is 0.201 e. The molecule has 0 aliphatic heterocycles. The van der Waals surface area contributed by atoms with E-state index < -0.39 is 0 Å². The van der Waals surface area contributed by atoms with Gasteiger partial charge in [0.1, 0.15) is 5.78 Å². The van der Waals surface area contributed by atoms with E-state index in [0.717, 1.165) is 0 Å². The van der Waals surface area contributed by atoms with Crippen LogP contribution in [0.1, 0.15) is 55.4 Å². The largest absolute Gasteiger partial charge is 0.299 e. The molecule has 0 aromatic carbocycles. The van der Waals surface area contributed by atoms with Crippen LogP contribution in [0.3, 0.4) is 0 Å². The molecule has 0 radical (unpaired) electrons. The maximum absolute atomic E-state index is 10.9. The van der Waals surface area contributed by atoms with Crippen molar-refractivity contribution in [2.45, 2.75) is 55.4 Å². The summed E-state index contributed by atoms with van der Waals surface area (Å²) in [5.74, 6) is -0.0650. The van der Waals surface area contributed by atoms with E-state index in [1.54, 1.807) is 27.7 Å². The first-order valence-electron chi connectivity index (χ1n) is 6.64. The maximum atomic E-state index is 10.9. The van der Waals surface area contributed by atoms with Gasteiger partial charge in [0.2, 0.25) is 11.6 Å². The Balaban J connectivity index is 0. The molecule has 0 aromatic rings. The molecule has 0 fully saturated rings. The average molecular weight is 256 g/mol. The van der Waals surface area contributed by atoms with Crippen LogP contribution in [-0.2, 0) is 14.4 Å². The number of hydrogen-bond donors (Lipinski definition) is 0. The summed E-state index contributed by atoms with van der Waals surface area (Å²) in [6.45, 7) is 14.7. The quantitative estimate of drug-likeness (QED) is 0.709. The monoisotopic (exact) mass is 256 g/mol. The van der Waals surface area contributed by atoms with Crippen LogP contribution in [0.5, 0.6) is 0 Å². The summed E-state index contributed by atoms with van der Waals surface area (Å²) in [7, 11) is 0. The second kappa shape index (κ2) is 9.01. The average Bonchev–Trinajstić information content (AvgIpc) is 2.26. The molecule has 0 unspecified atom stereocenters. The van der Waals surface area contributed by atoms with Crippen LogP contribution >= 0.6 is 0 Å². The molecule has 3 heteroatoms. The van der Waals surface area contributed by atoms with Gasteiger partial charge in [-0.2, -0.15) is 0 Å². The highest BCUT2D eigenvalue weighted by Crippen LogP contribution is 2.03. The molecule has 0 amide bonds. The molecule has 18 heavy (non-hydrogen) atoms.